The van der Waals surface area contributed by atoms with Crippen molar-refractivity contribution in [2.75, 3.05) is 9.80 Å². The van der Waals surface area contributed by atoms with Gasteiger partial charge in [-0.2, -0.15) is 0 Å². The molecule has 3 aliphatic carbocycles. The van der Waals surface area contributed by atoms with Crippen molar-refractivity contribution in [2.45, 2.75) is 77.3 Å². The highest BCUT2D eigenvalue weighted by molar-refractivity contribution is 7.25. The Kier molecular flexibility index (Phi) is 10.8. The normalized spacial score (nSPS) is 22.0. The van der Waals surface area contributed by atoms with Crippen molar-refractivity contribution < 1.29 is 0 Å². The first-order valence-electron chi connectivity index (χ1n) is 27.0. The number of hydrogen-bond acceptors (Lipinski definition) is 5. The second kappa shape index (κ2) is 17.8. The number of allylic oxidation sites excluding steroid dienone is 7. The van der Waals surface area contributed by atoms with Crippen LogP contribution in [0.1, 0.15) is 92.8 Å². The molecule has 0 amide bonds. The summed E-state index contributed by atoms with van der Waals surface area (Å²) >= 11 is 1.90. The van der Waals surface area contributed by atoms with Crippen molar-refractivity contribution in [1.82, 2.24) is 9.97 Å². The van der Waals surface area contributed by atoms with Crippen LogP contribution in [0.5, 0.6) is 0 Å². The van der Waals surface area contributed by atoms with Gasteiger partial charge in [-0.3, -0.25) is 0 Å². The highest BCUT2D eigenvalue weighted by Gasteiger charge is 2.60. The fourth-order valence-electron chi connectivity index (χ4n) is 14.0. The van der Waals surface area contributed by atoms with Gasteiger partial charge in [0, 0.05) is 66.6 Å². The zero-order valence-corrected chi connectivity index (χ0v) is 43.4. The second-order valence-corrected chi connectivity index (χ2v) is 22.8. The third kappa shape index (κ3) is 7.14. The molecule has 5 aliphatic rings. The van der Waals surface area contributed by atoms with Gasteiger partial charge in [0.1, 0.15) is 0 Å². The van der Waals surface area contributed by atoms with Gasteiger partial charge in [-0.25, -0.2) is 9.97 Å². The Morgan fingerprint density at radius 1 is 0.581 bits per heavy atom. The number of rotatable bonds is 9. The minimum atomic E-state index is 0.0296. The molecule has 14 rings (SSSR count). The first-order valence-corrected chi connectivity index (χ1v) is 27.8. The van der Waals surface area contributed by atoms with Crippen molar-refractivity contribution in [3.8, 4) is 33.5 Å². The average molecular weight is 977 g/mol. The van der Waals surface area contributed by atoms with E-state index >= 15 is 0 Å². The lowest BCUT2D eigenvalue weighted by Gasteiger charge is -2.34. The Bertz CT molecular complexity index is 3800. The van der Waals surface area contributed by atoms with Gasteiger partial charge in [0.15, 0.2) is 0 Å². The van der Waals surface area contributed by atoms with Crippen LogP contribution in [0.15, 0.2) is 206 Å². The summed E-state index contributed by atoms with van der Waals surface area (Å²) in [6.45, 7) is 9.65. The van der Waals surface area contributed by atoms with E-state index < -0.39 is 0 Å². The minimum Gasteiger partial charge on any atom is -0.337 e. The Balaban J connectivity index is 0.869. The van der Waals surface area contributed by atoms with Gasteiger partial charge in [0.2, 0.25) is 5.95 Å². The summed E-state index contributed by atoms with van der Waals surface area (Å²) in [5.74, 6) is 2.32. The van der Waals surface area contributed by atoms with Gasteiger partial charge in [0.25, 0.3) is 0 Å². The van der Waals surface area contributed by atoms with E-state index in [9.17, 15) is 0 Å². The second-order valence-electron chi connectivity index (χ2n) is 21.8. The van der Waals surface area contributed by atoms with Crippen molar-refractivity contribution in [1.29, 1.82) is 0 Å². The SMILES string of the molecule is CCc1ccccc1C1C(CC)c2cc(-c3ccc4sc5ccc(-c6ccc7c(c6)C6C(C8C=CC=CC8C6(C)C)N7c6ccccc6)cc5c4c3)ccc2N1c1nc(C2=CCCC=C2)cc(-c2ccccc2)n1. The molecule has 362 valence electrons. The van der Waals surface area contributed by atoms with E-state index in [1.807, 2.05) is 11.3 Å². The van der Waals surface area contributed by atoms with Gasteiger partial charge in [-0.15, -0.1) is 11.3 Å². The highest BCUT2D eigenvalue weighted by Crippen LogP contribution is 2.65. The predicted octanol–water partition coefficient (Wildman–Crippen LogP) is 18.5. The number of thiophene rings is 1. The lowest BCUT2D eigenvalue weighted by molar-refractivity contribution is 0.260. The Hall–Kier alpha value is -7.60. The number of anilines is 4. The molecule has 0 radical (unpaired) electrons. The maximum absolute atomic E-state index is 5.49. The monoisotopic (exact) mass is 976 g/mol. The summed E-state index contributed by atoms with van der Waals surface area (Å²) in [6.07, 6.45) is 20.3. The highest BCUT2D eigenvalue weighted by atomic mass is 32.1. The molecule has 0 bridgehead atoms. The molecule has 1 fully saturated rings. The molecule has 74 heavy (non-hydrogen) atoms. The van der Waals surface area contributed by atoms with E-state index in [4.69, 9.17) is 9.97 Å². The minimum absolute atomic E-state index is 0.0296. The Labute approximate surface area is 439 Å². The molecule has 4 nitrogen and oxygen atoms in total. The molecule has 1 saturated carbocycles. The van der Waals surface area contributed by atoms with Crippen molar-refractivity contribution >= 4 is 60.1 Å². The van der Waals surface area contributed by atoms with Crippen LogP contribution < -0.4 is 9.80 Å². The molecular formula is C69H60N4S. The molecular weight excluding hydrogens is 917 g/mol. The van der Waals surface area contributed by atoms with Gasteiger partial charge in [0.05, 0.1) is 17.4 Å². The average Bonchev–Trinajstić information content (AvgIpc) is 4.18. The largest absolute Gasteiger partial charge is 0.337 e. The summed E-state index contributed by atoms with van der Waals surface area (Å²) in [7, 11) is 0. The molecule has 7 aromatic carbocycles. The number of hydrogen-bond donors (Lipinski definition) is 0. The van der Waals surface area contributed by atoms with Crippen LogP contribution in [0.3, 0.4) is 0 Å². The zero-order chi connectivity index (χ0) is 49.7. The van der Waals surface area contributed by atoms with Crippen LogP contribution in [0.2, 0.25) is 0 Å². The lowest BCUT2D eigenvalue weighted by Crippen LogP contribution is -2.34. The smallest absolute Gasteiger partial charge is 0.231 e. The maximum atomic E-state index is 5.49. The van der Waals surface area contributed by atoms with Crippen LogP contribution in [0, 0.1) is 17.3 Å². The van der Waals surface area contributed by atoms with E-state index in [-0.39, 0.29) is 17.4 Å². The van der Waals surface area contributed by atoms with E-state index in [0.717, 1.165) is 54.2 Å². The molecule has 5 heteroatoms. The fourth-order valence-corrected chi connectivity index (χ4v) is 15.1. The van der Waals surface area contributed by atoms with Gasteiger partial charge in [-0.05, 0) is 154 Å². The summed E-state index contributed by atoms with van der Waals surface area (Å²) < 4.78 is 2.64. The molecule has 0 spiro atoms. The predicted molar refractivity (Wildman–Crippen MR) is 312 cm³/mol. The van der Waals surface area contributed by atoms with Crippen LogP contribution in [0.25, 0.3) is 59.3 Å². The quantitative estimate of drug-likeness (QED) is 0.144. The summed E-state index contributed by atoms with van der Waals surface area (Å²) in [5.41, 5.74) is 18.7. The summed E-state index contributed by atoms with van der Waals surface area (Å²) in [4.78, 5) is 16.1. The number of aromatic nitrogens is 2. The molecule has 9 aromatic rings. The van der Waals surface area contributed by atoms with Crippen LogP contribution in [0.4, 0.5) is 23.0 Å². The number of benzene rings is 7. The van der Waals surface area contributed by atoms with Gasteiger partial charge >= 0.3 is 0 Å². The van der Waals surface area contributed by atoms with Crippen molar-refractivity contribution in [3.63, 3.8) is 0 Å². The number of para-hydroxylation sites is 1. The molecule has 0 saturated heterocycles. The Morgan fingerprint density at radius 2 is 1.22 bits per heavy atom. The first-order chi connectivity index (χ1) is 36.4. The first kappa shape index (κ1) is 45.0. The van der Waals surface area contributed by atoms with E-state index in [0.29, 0.717) is 23.8 Å². The molecule has 4 heterocycles. The number of nitrogens with zero attached hydrogens (tertiary/aromatic N) is 4. The molecule has 2 aliphatic heterocycles. The van der Waals surface area contributed by atoms with Gasteiger partial charge < -0.3 is 9.80 Å². The summed E-state index contributed by atoms with van der Waals surface area (Å²) in [6, 6.07) is 62.1. The number of fused-ring (bicyclic) bond motifs is 9. The van der Waals surface area contributed by atoms with Crippen LogP contribution in [-0.2, 0) is 6.42 Å². The zero-order valence-electron chi connectivity index (χ0n) is 42.6. The van der Waals surface area contributed by atoms with Crippen LogP contribution in [-0.4, -0.2) is 16.0 Å². The summed E-state index contributed by atoms with van der Waals surface area (Å²) in [5, 5.41) is 2.63. The van der Waals surface area contributed by atoms with E-state index in [1.54, 1.807) is 0 Å². The van der Waals surface area contributed by atoms with Crippen molar-refractivity contribution in [2.24, 2.45) is 17.3 Å². The van der Waals surface area contributed by atoms with Crippen LogP contribution >= 0.6 is 11.3 Å². The lowest BCUT2D eigenvalue weighted by atomic mass is 9.71. The maximum Gasteiger partial charge on any atom is 0.231 e. The third-order valence-corrected chi connectivity index (χ3v) is 18.6. The Morgan fingerprint density at radius 3 is 1.92 bits per heavy atom. The molecule has 6 unspecified atom stereocenters. The van der Waals surface area contributed by atoms with Gasteiger partial charge in [-0.1, -0.05) is 167 Å². The van der Waals surface area contributed by atoms with Crippen molar-refractivity contribution in [3.05, 3.63) is 234 Å². The standard InChI is InChI=1S/C69H60N4S/c1-5-43-20-16-17-27-52(43)66-51(6-2)54-38-46(30-34-61(54)73(66)68-70-59(44-21-10-7-11-22-44)42-60(71-68)45-23-12-8-13-24-45)48-32-36-63-55(39-48)56-40-49(33-37-64(56)74-63)47-31-35-62-57(41-47)65-67(72(62)50-25-14-9-15-26-50)53-28-18-19-29-58(53)69(65,3)4/h7,9-12,14-42,51,53,58,65-67H,5-6,8,13H2,1-4H3. The molecule has 2 aromatic heterocycles. The molecule has 0 N–H and O–H groups in total. The van der Waals surface area contributed by atoms with E-state index in [2.05, 4.69) is 244 Å². The third-order valence-electron chi connectivity index (χ3n) is 17.5. The fraction of sp³-hybridized carbons (Fsp3) is 0.217. The number of aryl methyl sites for hydroxylation is 1. The molecule has 6 atom stereocenters. The topological polar surface area (TPSA) is 32.3 Å². The van der Waals surface area contributed by atoms with E-state index in [1.165, 1.54) is 81.7 Å².